The molecule has 0 aliphatic rings. The van der Waals surface area contributed by atoms with Gasteiger partial charge in [-0.25, -0.2) is 13.2 Å². The van der Waals surface area contributed by atoms with Crippen molar-refractivity contribution in [2.24, 2.45) is 0 Å². The molecule has 34 heavy (non-hydrogen) atoms. The summed E-state index contributed by atoms with van der Waals surface area (Å²) < 4.78 is 30.6. The number of aromatic nitrogens is 3. The Morgan fingerprint density at radius 2 is 1.74 bits per heavy atom. The van der Waals surface area contributed by atoms with E-state index >= 15 is 0 Å². The first-order valence-electron chi connectivity index (χ1n) is 10.6. The number of nitrogens with zero attached hydrogens (tertiary/aromatic N) is 3. The maximum atomic E-state index is 13.1. The lowest BCUT2D eigenvalue weighted by molar-refractivity contribution is 0.251. The van der Waals surface area contributed by atoms with Gasteiger partial charge >= 0.3 is 6.03 Å². The number of amides is 2. The number of hydrogen-bond acceptors (Lipinski definition) is 5. The zero-order chi connectivity index (χ0) is 24.0. The minimum atomic E-state index is -3.86. The van der Waals surface area contributed by atoms with Gasteiger partial charge in [-0.2, -0.15) is 5.10 Å². The van der Waals surface area contributed by atoms with Gasteiger partial charge in [-0.1, -0.05) is 24.3 Å². The summed E-state index contributed by atoms with van der Waals surface area (Å²) >= 11 is 0. The van der Waals surface area contributed by atoms with Gasteiger partial charge < -0.3 is 10.6 Å². The van der Waals surface area contributed by atoms with Crippen LogP contribution in [0.4, 0.5) is 16.2 Å². The lowest BCUT2D eigenvalue weighted by Crippen LogP contribution is -2.28. The SMILES string of the molecule is CCn1cc(-c2ccccc2S(=O)(=O)Nc2ccc(NC(=O)NCc3cccnc3)cc2)cn1. The van der Waals surface area contributed by atoms with Gasteiger partial charge in [0, 0.05) is 54.2 Å². The number of pyridine rings is 1. The van der Waals surface area contributed by atoms with E-state index in [1.807, 2.05) is 19.2 Å². The van der Waals surface area contributed by atoms with E-state index in [0.717, 1.165) is 11.1 Å². The molecule has 2 heterocycles. The molecule has 0 aliphatic heterocycles. The molecule has 0 saturated heterocycles. The van der Waals surface area contributed by atoms with Crippen molar-refractivity contribution in [3.63, 3.8) is 0 Å². The molecule has 4 aromatic rings. The highest BCUT2D eigenvalue weighted by atomic mass is 32.2. The third-order valence-corrected chi connectivity index (χ3v) is 6.46. The van der Waals surface area contributed by atoms with Crippen LogP contribution in [-0.4, -0.2) is 29.2 Å². The first-order valence-corrected chi connectivity index (χ1v) is 12.1. The molecule has 3 N–H and O–H groups in total. The number of aryl methyl sites for hydroxylation is 1. The summed E-state index contributed by atoms with van der Waals surface area (Å²) in [5.74, 6) is 0. The second-order valence-corrected chi connectivity index (χ2v) is 9.08. The van der Waals surface area contributed by atoms with Crippen molar-refractivity contribution in [3.8, 4) is 11.1 Å². The molecule has 2 amide bonds. The van der Waals surface area contributed by atoms with Crippen LogP contribution in [0.2, 0.25) is 0 Å². The number of benzene rings is 2. The van der Waals surface area contributed by atoms with E-state index in [4.69, 9.17) is 0 Å². The summed E-state index contributed by atoms with van der Waals surface area (Å²) in [6.07, 6.45) is 6.80. The number of carbonyl (C=O) groups excluding carboxylic acids is 1. The standard InChI is InChI=1S/C24H24N6O3S/c1-2-30-17-19(16-27-30)22-7-3-4-8-23(22)34(32,33)29-21-11-9-20(10-12-21)28-24(31)26-15-18-6-5-13-25-14-18/h3-14,16-17,29H,2,15H2,1H3,(H2,26,28,31). The van der Waals surface area contributed by atoms with Crippen LogP contribution in [0.15, 0.2) is 90.3 Å². The smallest absolute Gasteiger partial charge is 0.319 e. The highest BCUT2D eigenvalue weighted by Gasteiger charge is 2.20. The van der Waals surface area contributed by atoms with Gasteiger partial charge in [0.15, 0.2) is 0 Å². The molecule has 0 spiro atoms. The fraction of sp³-hybridized carbons (Fsp3) is 0.125. The average Bonchev–Trinajstić information content (AvgIpc) is 3.34. The van der Waals surface area contributed by atoms with Gasteiger partial charge in [-0.15, -0.1) is 0 Å². The van der Waals surface area contributed by atoms with Crippen molar-refractivity contribution in [1.29, 1.82) is 0 Å². The van der Waals surface area contributed by atoms with Gasteiger partial charge in [0.25, 0.3) is 10.0 Å². The number of hydrogen-bond donors (Lipinski definition) is 3. The first-order chi connectivity index (χ1) is 16.4. The summed E-state index contributed by atoms with van der Waals surface area (Å²) in [5, 5.41) is 9.70. The van der Waals surface area contributed by atoms with E-state index in [1.54, 1.807) is 77.9 Å². The van der Waals surface area contributed by atoms with Crippen LogP contribution in [0.5, 0.6) is 0 Å². The lowest BCUT2D eigenvalue weighted by Gasteiger charge is -2.12. The van der Waals surface area contributed by atoms with Crippen LogP contribution in [0.1, 0.15) is 12.5 Å². The number of sulfonamides is 1. The van der Waals surface area contributed by atoms with E-state index < -0.39 is 10.0 Å². The van der Waals surface area contributed by atoms with E-state index in [0.29, 0.717) is 30.0 Å². The normalized spacial score (nSPS) is 11.1. The summed E-state index contributed by atoms with van der Waals surface area (Å²) in [6, 6.07) is 16.5. The van der Waals surface area contributed by atoms with Gasteiger partial charge in [0.05, 0.1) is 11.1 Å². The van der Waals surface area contributed by atoms with Gasteiger partial charge in [0.1, 0.15) is 0 Å². The Morgan fingerprint density at radius 1 is 0.971 bits per heavy atom. The minimum absolute atomic E-state index is 0.155. The van der Waals surface area contributed by atoms with E-state index in [9.17, 15) is 13.2 Å². The third-order valence-electron chi connectivity index (χ3n) is 5.02. The largest absolute Gasteiger partial charge is 0.334 e. The fourth-order valence-corrected chi connectivity index (χ4v) is 4.60. The Kier molecular flexibility index (Phi) is 6.88. The molecule has 0 saturated carbocycles. The Bertz CT molecular complexity index is 1370. The molecule has 0 fully saturated rings. The molecule has 4 rings (SSSR count). The molecule has 174 valence electrons. The van der Waals surface area contributed by atoms with E-state index in [1.165, 1.54) is 0 Å². The van der Waals surface area contributed by atoms with E-state index in [2.05, 4.69) is 25.4 Å². The number of rotatable bonds is 8. The molecular weight excluding hydrogens is 452 g/mol. The Balaban J connectivity index is 1.42. The molecule has 0 bridgehead atoms. The number of nitrogens with one attached hydrogen (secondary N) is 3. The van der Waals surface area contributed by atoms with Crippen molar-refractivity contribution in [2.45, 2.75) is 24.9 Å². The molecule has 2 aromatic carbocycles. The van der Waals surface area contributed by atoms with Crippen LogP contribution in [0, 0.1) is 0 Å². The van der Waals surface area contributed by atoms with Crippen molar-refractivity contribution in [1.82, 2.24) is 20.1 Å². The zero-order valence-electron chi connectivity index (χ0n) is 18.5. The van der Waals surface area contributed by atoms with Crippen molar-refractivity contribution in [2.75, 3.05) is 10.0 Å². The summed E-state index contributed by atoms with van der Waals surface area (Å²) in [6.45, 7) is 2.99. The summed E-state index contributed by atoms with van der Waals surface area (Å²) in [5.41, 5.74) is 3.07. The number of urea groups is 1. The van der Waals surface area contributed by atoms with Gasteiger partial charge in [-0.05, 0) is 48.9 Å². The van der Waals surface area contributed by atoms with Crippen LogP contribution in [-0.2, 0) is 23.1 Å². The lowest BCUT2D eigenvalue weighted by atomic mass is 10.1. The minimum Gasteiger partial charge on any atom is -0.334 e. The predicted molar refractivity (Wildman–Crippen MR) is 131 cm³/mol. The van der Waals surface area contributed by atoms with Crippen LogP contribution in [0.3, 0.4) is 0 Å². The Labute approximate surface area is 197 Å². The van der Waals surface area contributed by atoms with Crippen molar-refractivity contribution < 1.29 is 13.2 Å². The molecule has 0 aliphatic carbocycles. The highest BCUT2D eigenvalue weighted by Crippen LogP contribution is 2.28. The van der Waals surface area contributed by atoms with E-state index in [-0.39, 0.29) is 10.9 Å². The maximum Gasteiger partial charge on any atom is 0.319 e. The molecular formula is C24H24N6O3S. The molecule has 9 nitrogen and oxygen atoms in total. The molecule has 2 aromatic heterocycles. The van der Waals surface area contributed by atoms with Crippen LogP contribution >= 0.6 is 0 Å². The Hall–Kier alpha value is -4.18. The van der Waals surface area contributed by atoms with Gasteiger partial charge in [-0.3, -0.25) is 14.4 Å². The van der Waals surface area contributed by atoms with Crippen LogP contribution in [0.25, 0.3) is 11.1 Å². The Morgan fingerprint density at radius 3 is 2.44 bits per heavy atom. The van der Waals surface area contributed by atoms with Crippen molar-refractivity contribution >= 4 is 27.4 Å². The topological polar surface area (TPSA) is 118 Å². The number of anilines is 2. The fourth-order valence-electron chi connectivity index (χ4n) is 3.31. The molecule has 10 heteroatoms. The van der Waals surface area contributed by atoms with Crippen molar-refractivity contribution in [3.05, 3.63) is 91.0 Å². The second kappa shape index (κ2) is 10.2. The predicted octanol–water partition coefficient (Wildman–Crippen LogP) is 4.09. The molecule has 0 atom stereocenters. The second-order valence-electron chi connectivity index (χ2n) is 7.43. The van der Waals surface area contributed by atoms with Crippen LogP contribution < -0.4 is 15.4 Å². The summed E-state index contributed by atoms with van der Waals surface area (Å²) in [7, 11) is -3.86. The van der Waals surface area contributed by atoms with Gasteiger partial charge in [0.2, 0.25) is 0 Å². The quantitative estimate of drug-likeness (QED) is 0.354. The maximum absolute atomic E-state index is 13.1. The molecule has 0 unspecified atom stereocenters. The summed E-state index contributed by atoms with van der Waals surface area (Å²) in [4.78, 5) is 16.3. The first kappa shape index (κ1) is 23.0. The monoisotopic (exact) mass is 476 g/mol. The third kappa shape index (κ3) is 5.59. The molecule has 0 radical (unpaired) electrons. The average molecular weight is 477 g/mol. The zero-order valence-corrected chi connectivity index (χ0v) is 19.3. The number of carbonyl (C=O) groups is 1. The highest BCUT2D eigenvalue weighted by molar-refractivity contribution is 7.92.